The topological polar surface area (TPSA) is 73.9 Å². The van der Waals surface area contributed by atoms with E-state index < -0.39 is 6.04 Å². The molecule has 0 spiro atoms. The van der Waals surface area contributed by atoms with Gasteiger partial charge in [0.05, 0.1) is 33.5 Å². The number of aliphatic hydroxyl groups excluding tert-OH is 1. The van der Waals surface area contributed by atoms with Gasteiger partial charge in [-0.25, -0.2) is 0 Å². The van der Waals surface area contributed by atoms with Crippen molar-refractivity contribution in [2.75, 3.05) is 27.4 Å². The van der Waals surface area contributed by atoms with Crippen molar-refractivity contribution in [3.63, 3.8) is 0 Å². The maximum absolute atomic E-state index is 9.10. The van der Waals surface area contributed by atoms with Crippen LogP contribution in [0, 0.1) is 0 Å². The van der Waals surface area contributed by atoms with Crippen molar-refractivity contribution in [2.45, 2.75) is 13.0 Å². The van der Waals surface area contributed by atoms with Crippen molar-refractivity contribution < 1.29 is 19.3 Å². The SMILES string of the molecule is CCOc1cc(C(N)CO)c(OC)cc1OC. The van der Waals surface area contributed by atoms with Crippen molar-refractivity contribution in [1.82, 2.24) is 0 Å². The zero-order chi connectivity index (χ0) is 12.8. The van der Waals surface area contributed by atoms with E-state index in [1.54, 1.807) is 26.4 Å². The zero-order valence-corrected chi connectivity index (χ0v) is 10.4. The normalized spacial score (nSPS) is 12.1. The predicted molar refractivity (Wildman–Crippen MR) is 64.7 cm³/mol. The third-order valence-electron chi connectivity index (χ3n) is 2.41. The van der Waals surface area contributed by atoms with Gasteiger partial charge in [0.15, 0.2) is 11.5 Å². The smallest absolute Gasteiger partial charge is 0.164 e. The van der Waals surface area contributed by atoms with Crippen LogP contribution >= 0.6 is 0 Å². The molecule has 1 aromatic carbocycles. The van der Waals surface area contributed by atoms with Crippen LogP contribution in [0.4, 0.5) is 0 Å². The number of aliphatic hydroxyl groups is 1. The molecular weight excluding hydrogens is 222 g/mol. The van der Waals surface area contributed by atoms with Crippen molar-refractivity contribution in [3.8, 4) is 17.2 Å². The van der Waals surface area contributed by atoms with E-state index in [-0.39, 0.29) is 6.61 Å². The van der Waals surface area contributed by atoms with Gasteiger partial charge in [-0.1, -0.05) is 0 Å². The van der Waals surface area contributed by atoms with Crippen LogP contribution in [0.2, 0.25) is 0 Å². The van der Waals surface area contributed by atoms with Crippen LogP contribution in [0.25, 0.3) is 0 Å². The lowest BCUT2D eigenvalue weighted by atomic mass is 10.1. The van der Waals surface area contributed by atoms with Crippen LogP contribution < -0.4 is 19.9 Å². The lowest BCUT2D eigenvalue weighted by molar-refractivity contribution is 0.262. The molecule has 0 aromatic heterocycles. The monoisotopic (exact) mass is 241 g/mol. The van der Waals surface area contributed by atoms with Gasteiger partial charge in [0.1, 0.15) is 5.75 Å². The molecule has 0 aliphatic heterocycles. The minimum absolute atomic E-state index is 0.158. The van der Waals surface area contributed by atoms with Crippen LogP contribution in [-0.4, -0.2) is 32.5 Å². The van der Waals surface area contributed by atoms with Gasteiger partial charge >= 0.3 is 0 Å². The van der Waals surface area contributed by atoms with Gasteiger partial charge in [-0.2, -0.15) is 0 Å². The molecule has 0 bridgehead atoms. The first-order valence-corrected chi connectivity index (χ1v) is 5.43. The van der Waals surface area contributed by atoms with E-state index in [0.717, 1.165) is 0 Å². The van der Waals surface area contributed by atoms with Crippen LogP contribution in [0.5, 0.6) is 17.2 Å². The fraction of sp³-hybridized carbons (Fsp3) is 0.500. The highest BCUT2D eigenvalue weighted by molar-refractivity contribution is 5.51. The summed E-state index contributed by atoms with van der Waals surface area (Å²) in [6.07, 6.45) is 0. The number of rotatable bonds is 6. The van der Waals surface area contributed by atoms with Crippen molar-refractivity contribution in [3.05, 3.63) is 17.7 Å². The molecule has 0 radical (unpaired) electrons. The summed E-state index contributed by atoms with van der Waals surface area (Å²) in [7, 11) is 3.10. The van der Waals surface area contributed by atoms with Gasteiger partial charge in [-0.05, 0) is 13.0 Å². The molecule has 0 saturated heterocycles. The molecule has 1 atom stereocenters. The Kier molecular flexibility index (Phi) is 5.06. The molecule has 1 aromatic rings. The third kappa shape index (κ3) is 3.01. The Morgan fingerprint density at radius 3 is 2.29 bits per heavy atom. The number of hydrogen-bond acceptors (Lipinski definition) is 5. The number of hydrogen-bond donors (Lipinski definition) is 2. The molecule has 0 fully saturated rings. The van der Waals surface area contributed by atoms with Crippen LogP contribution in [-0.2, 0) is 0 Å². The molecule has 5 nitrogen and oxygen atoms in total. The largest absolute Gasteiger partial charge is 0.496 e. The van der Waals surface area contributed by atoms with Gasteiger partial charge in [-0.15, -0.1) is 0 Å². The highest BCUT2D eigenvalue weighted by Crippen LogP contribution is 2.36. The summed E-state index contributed by atoms with van der Waals surface area (Å²) in [6.45, 7) is 2.25. The number of ether oxygens (including phenoxy) is 3. The Bertz CT molecular complexity index is 368. The van der Waals surface area contributed by atoms with E-state index in [9.17, 15) is 0 Å². The van der Waals surface area contributed by atoms with E-state index in [2.05, 4.69) is 0 Å². The second kappa shape index (κ2) is 6.32. The molecular formula is C12H19NO4. The van der Waals surface area contributed by atoms with Gasteiger partial charge < -0.3 is 25.1 Å². The lowest BCUT2D eigenvalue weighted by Crippen LogP contribution is -2.16. The van der Waals surface area contributed by atoms with Crippen LogP contribution in [0.15, 0.2) is 12.1 Å². The van der Waals surface area contributed by atoms with Crippen molar-refractivity contribution >= 4 is 0 Å². The molecule has 0 aliphatic carbocycles. The van der Waals surface area contributed by atoms with Crippen LogP contribution in [0.1, 0.15) is 18.5 Å². The van der Waals surface area contributed by atoms with Gasteiger partial charge in [0.25, 0.3) is 0 Å². The second-order valence-electron chi connectivity index (χ2n) is 3.47. The summed E-state index contributed by atoms with van der Waals surface area (Å²) in [5, 5.41) is 9.10. The second-order valence-corrected chi connectivity index (χ2v) is 3.47. The predicted octanol–water partition coefficient (Wildman–Crippen LogP) is 1.09. The quantitative estimate of drug-likeness (QED) is 0.780. The summed E-state index contributed by atoms with van der Waals surface area (Å²) in [5.74, 6) is 1.75. The van der Waals surface area contributed by atoms with Crippen molar-refractivity contribution in [2.24, 2.45) is 5.73 Å². The fourth-order valence-corrected chi connectivity index (χ4v) is 1.55. The van der Waals surface area contributed by atoms with E-state index in [0.29, 0.717) is 29.4 Å². The fourth-order valence-electron chi connectivity index (χ4n) is 1.55. The summed E-state index contributed by atoms with van der Waals surface area (Å²) in [4.78, 5) is 0. The molecule has 0 aliphatic rings. The van der Waals surface area contributed by atoms with Gasteiger partial charge in [0, 0.05) is 11.6 Å². The molecule has 17 heavy (non-hydrogen) atoms. The molecule has 3 N–H and O–H groups in total. The number of nitrogens with two attached hydrogens (primary N) is 1. The minimum atomic E-state index is -0.505. The molecule has 1 unspecified atom stereocenters. The zero-order valence-electron chi connectivity index (χ0n) is 10.4. The van der Waals surface area contributed by atoms with E-state index in [4.69, 9.17) is 25.1 Å². The Morgan fingerprint density at radius 2 is 1.82 bits per heavy atom. The Balaban J connectivity index is 3.23. The average Bonchev–Trinajstić information content (AvgIpc) is 2.37. The summed E-state index contributed by atoms with van der Waals surface area (Å²) in [5.41, 5.74) is 6.49. The molecule has 1 rings (SSSR count). The Hall–Kier alpha value is -1.46. The van der Waals surface area contributed by atoms with Gasteiger partial charge in [0.2, 0.25) is 0 Å². The molecule has 96 valence electrons. The first-order valence-electron chi connectivity index (χ1n) is 5.43. The molecule has 0 heterocycles. The van der Waals surface area contributed by atoms with E-state index >= 15 is 0 Å². The first kappa shape index (κ1) is 13.6. The minimum Gasteiger partial charge on any atom is -0.496 e. The van der Waals surface area contributed by atoms with Gasteiger partial charge in [-0.3, -0.25) is 0 Å². The Labute approximate surface area is 101 Å². The summed E-state index contributed by atoms with van der Waals surface area (Å²) < 4.78 is 15.9. The number of benzene rings is 1. The van der Waals surface area contributed by atoms with E-state index in [1.807, 2.05) is 6.92 Å². The lowest BCUT2D eigenvalue weighted by Gasteiger charge is -2.17. The average molecular weight is 241 g/mol. The van der Waals surface area contributed by atoms with E-state index in [1.165, 1.54) is 0 Å². The molecule has 5 heteroatoms. The maximum Gasteiger partial charge on any atom is 0.164 e. The standard InChI is InChI=1S/C12H19NO4/c1-4-17-12-5-8(9(13)7-14)10(15-2)6-11(12)16-3/h5-6,9,14H,4,7,13H2,1-3H3. The maximum atomic E-state index is 9.10. The molecule has 0 saturated carbocycles. The highest BCUT2D eigenvalue weighted by atomic mass is 16.5. The molecule has 0 amide bonds. The van der Waals surface area contributed by atoms with Crippen LogP contribution in [0.3, 0.4) is 0 Å². The first-order chi connectivity index (χ1) is 8.17. The summed E-state index contributed by atoms with van der Waals surface area (Å²) >= 11 is 0. The summed E-state index contributed by atoms with van der Waals surface area (Å²) in [6, 6.07) is 2.94. The number of methoxy groups -OCH3 is 2. The Morgan fingerprint density at radius 1 is 1.18 bits per heavy atom. The third-order valence-corrected chi connectivity index (χ3v) is 2.41. The van der Waals surface area contributed by atoms with Crippen molar-refractivity contribution in [1.29, 1.82) is 0 Å². The highest BCUT2D eigenvalue weighted by Gasteiger charge is 2.16.